The molecular weight excluding hydrogens is 475 g/mol. The number of thioether (sulfide) groups is 1. The molecule has 4 nitrogen and oxygen atoms in total. The van der Waals surface area contributed by atoms with Crippen molar-refractivity contribution >= 4 is 47.0 Å². The molecule has 0 amide bonds. The maximum Gasteiger partial charge on any atom is 0.356 e. The predicted molar refractivity (Wildman–Crippen MR) is 134 cm³/mol. The van der Waals surface area contributed by atoms with Gasteiger partial charge < -0.3 is 4.74 Å². The van der Waals surface area contributed by atoms with Crippen molar-refractivity contribution < 1.29 is 9.53 Å². The standard InChI is InChI=1S/C26H20Cl2N2O2S/c1-3-32-26(31)24-16(2)33-25-23(15-29)22(18-7-11-20(28)12-8-18)14-21(30(24)25)13-6-17-4-9-19(27)10-5-17/h4-14,22H,3H2,1-2H3/b13-6+. The highest BCUT2D eigenvalue weighted by atomic mass is 35.5. The van der Waals surface area contributed by atoms with E-state index in [4.69, 9.17) is 27.9 Å². The molecule has 0 radical (unpaired) electrons. The van der Waals surface area contributed by atoms with Crippen LogP contribution in [0.1, 0.15) is 30.9 Å². The van der Waals surface area contributed by atoms with Crippen LogP contribution < -0.4 is 0 Å². The molecule has 2 heterocycles. The molecule has 2 aliphatic heterocycles. The minimum atomic E-state index is -0.412. The van der Waals surface area contributed by atoms with Crippen LogP contribution in [0.3, 0.4) is 0 Å². The molecular formula is C26H20Cl2N2O2S. The van der Waals surface area contributed by atoms with Crippen molar-refractivity contribution in [3.05, 3.63) is 109 Å². The lowest BCUT2D eigenvalue weighted by Crippen LogP contribution is -2.28. The summed E-state index contributed by atoms with van der Waals surface area (Å²) in [5, 5.41) is 12.1. The molecule has 2 aromatic carbocycles. The van der Waals surface area contributed by atoms with Crippen LogP contribution in [0, 0.1) is 11.3 Å². The summed E-state index contributed by atoms with van der Waals surface area (Å²) in [7, 11) is 0. The molecule has 2 aliphatic rings. The third-order valence-corrected chi connectivity index (χ3v) is 6.88. The molecule has 0 N–H and O–H groups in total. The zero-order chi connectivity index (χ0) is 23.5. The highest BCUT2D eigenvalue weighted by Crippen LogP contribution is 2.51. The van der Waals surface area contributed by atoms with Gasteiger partial charge in [-0.05, 0) is 61.4 Å². The maximum atomic E-state index is 12.8. The number of hydrogen-bond acceptors (Lipinski definition) is 5. The molecule has 0 saturated carbocycles. The third-order valence-electron chi connectivity index (χ3n) is 5.28. The van der Waals surface area contributed by atoms with Gasteiger partial charge in [-0.25, -0.2) is 4.79 Å². The van der Waals surface area contributed by atoms with Gasteiger partial charge in [0.25, 0.3) is 0 Å². The molecule has 2 aromatic rings. The highest BCUT2D eigenvalue weighted by Gasteiger charge is 2.40. The van der Waals surface area contributed by atoms with E-state index in [1.807, 2.05) is 78.6 Å². The second-order valence-corrected chi connectivity index (χ2v) is 9.48. The quantitative estimate of drug-likeness (QED) is 0.409. The second-order valence-electron chi connectivity index (χ2n) is 7.40. The summed E-state index contributed by atoms with van der Waals surface area (Å²) in [5.74, 6) is -0.684. The zero-order valence-electron chi connectivity index (χ0n) is 18.0. The number of halogens is 2. The summed E-state index contributed by atoms with van der Waals surface area (Å²) < 4.78 is 5.33. The molecule has 0 fully saturated rings. The number of nitriles is 1. The van der Waals surface area contributed by atoms with Crippen molar-refractivity contribution in [1.29, 1.82) is 5.26 Å². The van der Waals surface area contributed by atoms with Crippen LogP contribution in [0.15, 0.2) is 87.6 Å². The fraction of sp³-hybridized carbons (Fsp3) is 0.154. The summed E-state index contributed by atoms with van der Waals surface area (Å²) >= 11 is 13.5. The Hall–Kier alpha value is -2.91. The van der Waals surface area contributed by atoms with Crippen LogP contribution in [-0.4, -0.2) is 17.5 Å². The van der Waals surface area contributed by atoms with Gasteiger partial charge in [-0.15, -0.1) is 0 Å². The van der Waals surface area contributed by atoms with Crippen molar-refractivity contribution in [2.45, 2.75) is 19.8 Å². The number of benzene rings is 2. The SMILES string of the molecule is CCOC(=O)C1=C(C)SC2=C(C#N)C(c3ccc(Cl)cc3)C=C(/C=C/c3ccc(Cl)cc3)N21. The maximum absolute atomic E-state index is 12.8. The monoisotopic (exact) mass is 494 g/mol. The van der Waals surface area contributed by atoms with E-state index in [9.17, 15) is 10.1 Å². The van der Waals surface area contributed by atoms with Crippen LogP contribution >= 0.6 is 35.0 Å². The Morgan fingerprint density at radius 3 is 2.36 bits per heavy atom. The van der Waals surface area contributed by atoms with Crippen molar-refractivity contribution in [2.24, 2.45) is 0 Å². The number of fused-ring (bicyclic) bond motifs is 1. The van der Waals surface area contributed by atoms with E-state index in [-0.39, 0.29) is 12.5 Å². The largest absolute Gasteiger partial charge is 0.461 e. The molecule has 0 aromatic heterocycles. The number of carbonyl (C=O) groups is 1. The molecule has 0 bridgehead atoms. The number of ether oxygens (including phenoxy) is 1. The van der Waals surface area contributed by atoms with Gasteiger partial charge in [0.2, 0.25) is 0 Å². The van der Waals surface area contributed by atoms with E-state index in [0.717, 1.165) is 26.8 Å². The highest BCUT2D eigenvalue weighted by molar-refractivity contribution is 8.07. The first-order valence-corrected chi connectivity index (χ1v) is 11.9. The second kappa shape index (κ2) is 9.93. The Morgan fingerprint density at radius 2 is 1.76 bits per heavy atom. The van der Waals surface area contributed by atoms with Crippen LogP contribution in [0.2, 0.25) is 10.0 Å². The van der Waals surface area contributed by atoms with Gasteiger partial charge >= 0.3 is 5.97 Å². The van der Waals surface area contributed by atoms with E-state index >= 15 is 0 Å². The Labute approximate surface area is 207 Å². The van der Waals surface area contributed by atoms with Crippen molar-refractivity contribution in [3.8, 4) is 6.07 Å². The lowest BCUT2D eigenvalue weighted by atomic mass is 9.88. The van der Waals surface area contributed by atoms with E-state index in [1.54, 1.807) is 6.92 Å². The fourth-order valence-corrected chi connectivity index (χ4v) is 5.14. The van der Waals surface area contributed by atoms with Crippen LogP contribution in [0.4, 0.5) is 0 Å². The van der Waals surface area contributed by atoms with E-state index in [0.29, 0.717) is 21.3 Å². The normalized spacial score (nSPS) is 17.8. The Balaban J connectivity index is 1.83. The Morgan fingerprint density at radius 1 is 1.12 bits per heavy atom. The molecule has 1 atom stereocenters. The third kappa shape index (κ3) is 4.74. The topological polar surface area (TPSA) is 53.3 Å². The Bertz CT molecular complexity index is 1250. The number of esters is 1. The molecule has 7 heteroatoms. The lowest BCUT2D eigenvalue weighted by molar-refractivity contribution is -0.139. The van der Waals surface area contributed by atoms with Crippen LogP contribution in [0.25, 0.3) is 6.08 Å². The number of allylic oxidation sites excluding steroid dienone is 4. The summed E-state index contributed by atoms with van der Waals surface area (Å²) in [6, 6.07) is 17.3. The van der Waals surface area contributed by atoms with Gasteiger partial charge in [0.1, 0.15) is 5.70 Å². The average molecular weight is 495 g/mol. The summed E-state index contributed by atoms with van der Waals surface area (Å²) in [6.45, 7) is 3.91. The minimum Gasteiger partial charge on any atom is -0.461 e. The van der Waals surface area contributed by atoms with Crippen LogP contribution in [-0.2, 0) is 9.53 Å². The number of rotatable bonds is 5. The van der Waals surface area contributed by atoms with Gasteiger partial charge in [-0.3, -0.25) is 4.90 Å². The van der Waals surface area contributed by atoms with Gasteiger partial charge in [0.05, 0.1) is 23.3 Å². The van der Waals surface area contributed by atoms with E-state index in [1.165, 1.54) is 11.8 Å². The molecule has 33 heavy (non-hydrogen) atoms. The summed E-state index contributed by atoms with van der Waals surface area (Å²) in [5.41, 5.74) is 3.70. The van der Waals surface area contributed by atoms with Gasteiger partial charge in [0, 0.05) is 26.6 Å². The summed E-state index contributed by atoms with van der Waals surface area (Å²) in [4.78, 5) is 15.4. The van der Waals surface area contributed by atoms with Crippen molar-refractivity contribution in [2.75, 3.05) is 6.61 Å². The number of carbonyl (C=O) groups excluding carboxylic acids is 1. The van der Waals surface area contributed by atoms with Crippen molar-refractivity contribution in [3.63, 3.8) is 0 Å². The molecule has 0 aliphatic carbocycles. The first-order valence-electron chi connectivity index (χ1n) is 10.3. The molecule has 0 saturated heterocycles. The lowest BCUT2D eigenvalue weighted by Gasteiger charge is -2.31. The van der Waals surface area contributed by atoms with Gasteiger partial charge in [-0.1, -0.05) is 65.3 Å². The van der Waals surface area contributed by atoms with Crippen LogP contribution in [0.5, 0.6) is 0 Å². The van der Waals surface area contributed by atoms with Gasteiger partial charge in [-0.2, -0.15) is 5.26 Å². The smallest absolute Gasteiger partial charge is 0.356 e. The summed E-state index contributed by atoms with van der Waals surface area (Å²) in [6.07, 6.45) is 5.89. The first-order chi connectivity index (χ1) is 15.9. The van der Waals surface area contributed by atoms with E-state index < -0.39 is 5.97 Å². The molecule has 0 spiro atoms. The van der Waals surface area contributed by atoms with Gasteiger partial charge in [0.15, 0.2) is 0 Å². The predicted octanol–water partition coefficient (Wildman–Crippen LogP) is 7.27. The Kier molecular flexibility index (Phi) is 6.99. The molecule has 4 rings (SSSR count). The minimum absolute atomic E-state index is 0.269. The van der Waals surface area contributed by atoms with E-state index in [2.05, 4.69) is 6.07 Å². The number of nitrogens with zero attached hydrogens (tertiary/aromatic N) is 2. The zero-order valence-corrected chi connectivity index (χ0v) is 20.3. The number of hydrogen-bond donors (Lipinski definition) is 0. The molecule has 1 unspecified atom stereocenters. The first kappa shape index (κ1) is 23.3. The average Bonchev–Trinajstić information content (AvgIpc) is 3.15. The van der Waals surface area contributed by atoms with Crippen molar-refractivity contribution in [1.82, 2.24) is 4.90 Å². The fourth-order valence-electron chi connectivity index (χ4n) is 3.75. The molecule has 166 valence electrons.